The molecule has 0 saturated heterocycles. The number of esters is 1. The molecule has 0 unspecified atom stereocenters. The van der Waals surface area contributed by atoms with Gasteiger partial charge in [-0.15, -0.1) is 22.1 Å². The van der Waals surface area contributed by atoms with Crippen LogP contribution in [0.5, 0.6) is 0 Å². The van der Waals surface area contributed by atoms with Gasteiger partial charge < -0.3 is 14.7 Å². The zero-order valence-corrected chi connectivity index (χ0v) is 45.8. The van der Waals surface area contributed by atoms with Gasteiger partial charge in [-0.3, -0.25) is 0 Å². The van der Waals surface area contributed by atoms with Gasteiger partial charge in [0.2, 0.25) is 0 Å². The zero-order chi connectivity index (χ0) is 49.7. The van der Waals surface area contributed by atoms with Crippen molar-refractivity contribution in [2.45, 2.75) is 78.6 Å². The summed E-state index contributed by atoms with van der Waals surface area (Å²) in [6.45, 7) is 20.0. The molecule has 2 aromatic heterocycles. The first kappa shape index (κ1) is 49.2. The van der Waals surface area contributed by atoms with Crippen LogP contribution in [0.1, 0.15) is 117 Å². The minimum atomic E-state index is -0.500. The van der Waals surface area contributed by atoms with Gasteiger partial charge in [0, 0.05) is 14.5 Å². The van der Waals surface area contributed by atoms with Gasteiger partial charge in [0.25, 0.3) is 0 Å². The molecule has 6 nitrogen and oxygen atoms in total. The van der Waals surface area contributed by atoms with Crippen molar-refractivity contribution < 1.29 is 26.0 Å². The summed E-state index contributed by atoms with van der Waals surface area (Å²) in [5.41, 5.74) is 13.1. The largest absolute Gasteiger partial charge is 2.00 e. The Morgan fingerprint density at radius 2 is 1.12 bits per heavy atom. The van der Waals surface area contributed by atoms with Crippen LogP contribution < -0.4 is 20.7 Å². The predicted molar refractivity (Wildman–Crippen MR) is 296 cm³/mol. The molecule has 0 aliphatic carbocycles. The molecule has 11 rings (SSSR count). The molecule has 360 valence electrons. The minimum absolute atomic E-state index is 0. The maximum atomic E-state index is 14.6. The zero-order valence-electron chi connectivity index (χ0n) is 41.6. The topological polar surface area (TPSA) is 79.2 Å². The Balaban J connectivity index is 0.00000596. The molecular weight excluding hydrogens is 1060 g/mol. The molecule has 3 aliphatic heterocycles. The SMILES string of the molecule is CC(C)(C)c1ccc(C2=C3C=C(Br)C(=N3)C(c3ccc(C(C)(C)C)cc3)=c3ccc([n-]3)=c3c4c(c(-c5ccccc5)c5cc(C(C)(C)C)ccc35)C(OC(=O)c3ccccc3)=C(N=4)c3cc(Br)c2[n-]3)cc1.[Ni+2]. The second-order valence-corrected chi connectivity index (χ2v) is 23.4. The van der Waals surface area contributed by atoms with Gasteiger partial charge in [0.1, 0.15) is 0 Å². The average Bonchev–Trinajstić information content (AvgIpc) is 4.14. The molecule has 3 aliphatic rings. The van der Waals surface area contributed by atoms with E-state index in [-0.39, 0.29) is 32.7 Å². The van der Waals surface area contributed by atoms with Crippen LogP contribution in [0, 0.1) is 10.6 Å². The number of carbonyl (C=O) groups is 1. The van der Waals surface area contributed by atoms with Crippen LogP contribution in [-0.2, 0) is 37.5 Å². The van der Waals surface area contributed by atoms with Gasteiger partial charge in [-0.2, -0.15) is 0 Å². The Kier molecular flexibility index (Phi) is 12.5. The molecule has 72 heavy (non-hydrogen) atoms. The average molecular weight is 1120 g/mol. The third-order valence-electron chi connectivity index (χ3n) is 13.7. The van der Waals surface area contributed by atoms with E-state index < -0.39 is 5.97 Å². The molecule has 0 spiro atoms. The smallest absolute Gasteiger partial charge is 0.657 e. The third-order valence-corrected chi connectivity index (χ3v) is 14.9. The number of hydrogen-bond acceptors (Lipinski definition) is 4. The molecule has 0 amide bonds. The molecule has 0 saturated carbocycles. The van der Waals surface area contributed by atoms with E-state index >= 15 is 0 Å². The van der Waals surface area contributed by atoms with E-state index in [1.807, 2.05) is 42.5 Å². The van der Waals surface area contributed by atoms with Crippen molar-refractivity contribution in [3.8, 4) is 11.1 Å². The Morgan fingerprint density at radius 3 is 1.74 bits per heavy atom. The number of aliphatic imine (C=N–C) groups is 1. The summed E-state index contributed by atoms with van der Waals surface area (Å²) in [7, 11) is 0. The maximum Gasteiger partial charge on any atom is 2.00 e. The Labute approximate surface area is 447 Å². The molecule has 0 N–H and O–H groups in total. The van der Waals surface area contributed by atoms with E-state index in [0.717, 1.165) is 86.0 Å². The van der Waals surface area contributed by atoms with Crippen molar-refractivity contribution in [1.29, 1.82) is 0 Å². The summed E-state index contributed by atoms with van der Waals surface area (Å²) < 4.78 is 8.36. The van der Waals surface area contributed by atoms with Crippen molar-refractivity contribution in [1.82, 2.24) is 9.97 Å². The standard InChI is InChI=1S/C63H52Br2N4O2.Ni/c1-61(2,3)39-24-20-36(21-25-39)51-46-30-31-47(66-46)53-42-29-28-41(63(7,8)9)32-43(42)50(35-16-12-10-13-17-35)54-58(53)69-57(59(54)71-60(70)38-18-14-11-15-19-38)49-34-45(65)56(68-49)52(48-33-44(64)55(51)67-48)37-22-26-40(27-23-37)62(4,5)6;/h10-34H,1-9H3;/q-2;+2. The summed E-state index contributed by atoms with van der Waals surface area (Å²) in [5, 5.41) is 4.93. The molecule has 8 aromatic rings. The number of nitrogens with zero attached hydrogens (tertiary/aromatic N) is 4. The van der Waals surface area contributed by atoms with Crippen molar-refractivity contribution >= 4 is 76.9 Å². The Bertz CT molecular complexity index is 3900. The predicted octanol–water partition coefficient (Wildman–Crippen LogP) is 14.4. The summed E-state index contributed by atoms with van der Waals surface area (Å²) in [4.78, 5) is 36.9. The van der Waals surface area contributed by atoms with E-state index in [1.54, 1.807) is 12.1 Å². The maximum absolute atomic E-state index is 14.6. The number of halogens is 2. The number of fused-ring (bicyclic) bond motifs is 9. The molecule has 8 bridgehead atoms. The molecule has 5 heterocycles. The van der Waals surface area contributed by atoms with Crippen molar-refractivity contribution in [3.63, 3.8) is 0 Å². The van der Waals surface area contributed by atoms with Crippen molar-refractivity contribution in [3.05, 3.63) is 238 Å². The first-order valence-electron chi connectivity index (χ1n) is 24.0. The molecule has 6 aromatic carbocycles. The first-order valence-corrected chi connectivity index (χ1v) is 25.6. The Hall–Kier alpha value is -6.38. The number of hydrogen-bond donors (Lipinski definition) is 0. The molecular formula is C63H52Br2N4NiO2. The van der Waals surface area contributed by atoms with E-state index in [0.29, 0.717) is 39.3 Å². The van der Waals surface area contributed by atoms with Crippen LogP contribution >= 0.6 is 31.9 Å². The van der Waals surface area contributed by atoms with Crippen LogP contribution in [-0.4, -0.2) is 11.7 Å². The second-order valence-electron chi connectivity index (χ2n) is 21.7. The minimum Gasteiger partial charge on any atom is -0.657 e. The second kappa shape index (κ2) is 18.3. The molecule has 0 fully saturated rings. The van der Waals surface area contributed by atoms with Gasteiger partial charge in [0.05, 0.1) is 33.6 Å². The molecule has 0 atom stereocenters. The number of benzene rings is 6. The summed E-state index contributed by atoms with van der Waals surface area (Å²) >= 11 is 8.04. The van der Waals surface area contributed by atoms with Gasteiger partial charge in [-0.25, -0.2) is 14.8 Å². The number of allylic oxidation sites excluding steroid dienone is 2. The number of ether oxygens (including phenoxy) is 1. The first-order chi connectivity index (χ1) is 33.8. The fourth-order valence-electron chi connectivity index (χ4n) is 9.83. The van der Waals surface area contributed by atoms with E-state index in [1.165, 1.54) is 11.1 Å². The van der Waals surface area contributed by atoms with E-state index in [2.05, 4.69) is 191 Å². The van der Waals surface area contributed by atoms with Crippen LogP contribution in [0.25, 0.3) is 44.5 Å². The number of rotatable bonds is 5. The number of aromatic nitrogens is 2. The summed E-state index contributed by atoms with van der Waals surface area (Å²) in [6.07, 6.45) is 2.09. The van der Waals surface area contributed by atoms with Crippen molar-refractivity contribution in [2.75, 3.05) is 0 Å². The van der Waals surface area contributed by atoms with Gasteiger partial charge in [-0.1, -0.05) is 206 Å². The quantitative estimate of drug-likeness (QED) is 0.127. The fourth-order valence-corrected chi connectivity index (χ4v) is 10.8. The summed E-state index contributed by atoms with van der Waals surface area (Å²) in [6, 6.07) is 49.8. The monoisotopic (exact) mass is 1110 g/mol. The molecule has 9 heteroatoms. The number of carbonyl (C=O) groups excluding carboxylic acids is 1. The Morgan fingerprint density at radius 1 is 0.556 bits per heavy atom. The molecule has 0 radical (unpaired) electrons. The van der Waals surface area contributed by atoms with Crippen LogP contribution in [0.3, 0.4) is 0 Å². The normalized spacial score (nSPS) is 14.4. The third kappa shape index (κ3) is 8.67. The summed E-state index contributed by atoms with van der Waals surface area (Å²) in [5.74, 6) is -0.174. The van der Waals surface area contributed by atoms with Gasteiger partial charge >= 0.3 is 22.5 Å². The van der Waals surface area contributed by atoms with Crippen molar-refractivity contribution in [2.24, 2.45) is 9.98 Å². The van der Waals surface area contributed by atoms with Crippen LogP contribution in [0.4, 0.5) is 0 Å². The van der Waals surface area contributed by atoms with E-state index in [9.17, 15) is 4.79 Å². The van der Waals surface area contributed by atoms with Gasteiger partial charge in [0.15, 0.2) is 5.76 Å². The van der Waals surface area contributed by atoms with Crippen LogP contribution in [0.2, 0.25) is 0 Å². The van der Waals surface area contributed by atoms with Gasteiger partial charge in [-0.05, 0) is 117 Å². The van der Waals surface area contributed by atoms with E-state index in [4.69, 9.17) is 24.7 Å². The fraction of sp³-hybridized carbons (Fsp3) is 0.190. The van der Waals surface area contributed by atoms with Crippen LogP contribution in [0.15, 0.2) is 176 Å².